The number of hydrogen-bond acceptors (Lipinski definition) is 2. The molecule has 136 valence electrons. The van der Waals surface area contributed by atoms with Crippen LogP contribution in [0.2, 0.25) is 0 Å². The van der Waals surface area contributed by atoms with E-state index in [0.717, 1.165) is 18.5 Å². The first kappa shape index (κ1) is 18.0. The highest BCUT2D eigenvalue weighted by Crippen LogP contribution is 2.44. The van der Waals surface area contributed by atoms with Crippen LogP contribution in [0.5, 0.6) is 0 Å². The quantitative estimate of drug-likeness (QED) is 0.618. The third kappa shape index (κ3) is 3.61. The molecule has 0 spiro atoms. The standard InChI is InChI=1S/C22H31NO2/c1-21(2,3)25-20(24)23-19(16-11-7-6-8-12-16)15-17-13-9-10-14-18(17)22(23,4)5/h9-10,13-16H,6-8,11-12H2,1-5H3. The minimum absolute atomic E-state index is 0.233. The highest BCUT2D eigenvalue weighted by Gasteiger charge is 2.43. The molecule has 1 aliphatic carbocycles. The summed E-state index contributed by atoms with van der Waals surface area (Å²) < 4.78 is 5.80. The zero-order valence-electron chi connectivity index (χ0n) is 16.3. The highest BCUT2D eigenvalue weighted by molar-refractivity contribution is 5.77. The first-order valence-electron chi connectivity index (χ1n) is 9.54. The van der Waals surface area contributed by atoms with Crippen LogP contribution in [0.1, 0.15) is 77.8 Å². The van der Waals surface area contributed by atoms with Gasteiger partial charge in [-0.05, 0) is 70.6 Å². The summed E-state index contributed by atoms with van der Waals surface area (Å²) >= 11 is 0. The molecular formula is C22H31NO2. The van der Waals surface area contributed by atoms with Gasteiger partial charge in [0.25, 0.3) is 0 Å². The van der Waals surface area contributed by atoms with E-state index < -0.39 is 11.1 Å². The van der Waals surface area contributed by atoms with E-state index in [1.807, 2.05) is 31.7 Å². The molecule has 0 radical (unpaired) electrons. The molecule has 2 aliphatic rings. The van der Waals surface area contributed by atoms with E-state index in [9.17, 15) is 4.79 Å². The molecule has 3 rings (SSSR count). The van der Waals surface area contributed by atoms with Crippen LogP contribution < -0.4 is 0 Å². The molecule has 0 aromatic heterocycles. The first-order chi connectivity index (χ1) is 11.7. The zero-order valence-corrected chi connectivity index (χ0v) is 16.3. The minimum atomic E-state index is -0.498. The normalized spacial score (nSPS) is 20.7. The molecule has 0 unspecified atom stereocenters. The Morgan fingerprint density at radius 2 is 1.76 bits per heavy atom. The molecule has 1 aromatic carbocycles. The molecule has 1 saturated carbocycles. The summed E-state index contributed by atoms with van der Waals surface area (Å²) in [5.41, 5.74) is 2.63. The summed E-state index contributed by atoms with van der Waals surface area (Å²) in [5, 5.41) is 0. The van der Waals surface area contributed by atoms with E-state index in [1.54, 1.807) is 0 Å². The average Bonchev–Trinajstić information content (AvgIpc) is 2.53. The van der Waals surface area contributed by atoms with Crippen LogP contribution in [0, 0.1) is 5.92 Å². The Balaban J connectivity index is 2.06. The number of rotatable bonds is 1. The topological polar surface area (TPSA) is 29.5 Å². The number of ether oxygens (including phenoxy) is 1. The van der Waals surface area contributed by atoms with Crippen molar-refractivity contribution in [3.8, 4) is 0 Å². The predicted octanol–water partition coefficient (Wildman–Crippen LogP) is 6.09. The lowest BCUT2D eigenvalue weighted by Crippen LogP contribution is -2.50. The van der Waals surface area contributed by atoms with Gasteiger partial charge in [0.1, 0.15) is 5.60 Å². The molecule has 25 heavy (non-hydrogen) atoms. The van der Waals surface area contributed by atoms with Gasteiger partial charge in [-0.2, -0.15) is 0 Å². The van der Waals surface area contributed by atoms with Crippen molar-refractivity contribution < 1.29 is 9.53 Å². The van der Waals surface area contributed by atoms with Crippen molar-refractivity contribution in [3.05, 3.63) is 41.1 Å². The summed E-state index contributed by atoms with van der Waals surface area (Å²) in [7, 11) is 0. The number of amides is 1. The average molecular weight is 341 g/mol. The molecule has 1 amide bonds. The first-order valence-corrected chi connectivity index (χ1v) is 9.54. The maximum absolute atomic E-state index is 13.2. The van der Waals surface area contributed by atoms with Gasteiger partial charge in [0, 0.05) is 5.70 Å². The monoisotopic (exact) mass is 341 g/mol. The number of fused-ring (bicyclic) bond motifs is 1. The van der Waals surface area contributed by atoms with Gasteiger partial charge >= 0.3 is 6.09 Å². The number of carbonyl (C=O) groups is 1. The molecule has 0 atom stereocenters. The predicted molar refractivity (Wildman–Crippen MR) is 102 cm³/mol. The van der Waals surface area contributed by atoms with Crippen molar-refractivity contribution >= 4 is 12.2 Å². The van der Waals surface area contributed by atoms with Gasteiger partial charge in [0.15, 0.2) is 0 Å². The van der Waals surface area contributed by atoms with Crippen LogP contribution in [0.25, 0.3) is 6.08 Å². The van der Waals surface area contributed by atoms with Crippen LogP contribution in [-0.4, -0.2) is 16.6 Å². The number of benzene rings is 1. The van der Waals surface area contributed by atoms with Crippen LogP contribution >= 0.6 is 0 Å². The summed E-state index contributed by atoms with van der Waals surface area (Å²) in [6.45, 7) is 10.1. The van der Waals surface area contributed by atoms with Gasteiger partial charge in [-0.1, -0.05) is 43.5 Å². The number of hydrogen-bond donors (Lipinski definition) is 0. The van der Waals surface area contributed by atoms with Gasteiger partial charge in [0.2, 0.25) is 0 Å². The van der Waals surface area contributed by atoms with Gasteiger partial charge in [-0.25, -0.2) is 4.79 Å². The lowest BCUT2D eigenvalue weighted by atomic mass is 9.78. The number of allylic oxidation sites excluding steroid dienone is 1. The SMILES string of the molecule is CC(C)(C)OC(=O)N1C(C2CCCCC2)=Cc2ccccc2C1(C)C. The van der Waals surface area contributed by atoms with Crippen molar-refractivity contribution in [2.45, 2.75) is 77.9 Å². The van der Waals surface area contributed by atoms with Crippen molar-refractivity contribution in [3.63, 3.8) is 0 Å². The van der Waals surface area contributed by atoms with Gasteiger partial charge < -0.3 is 4.74 Å². The molecule has 1 aromatic rings. The number of nitrogens with zero attached hydrogens (tertiary/aromatic N) is 1. The van der Waals surface area contributed by atoms with E-state index in [4.69, 9.17) is 4.74 Å². The summed E-state index contributed by atoms with van der Waals surface area (Å²) in [6, 6.07) is 8.41. The highest BCUT2D eigenvalue weighted by atomic mass is 16.6. The van der Waals surface area contributed by atoms with Gasteiger partial charge in [-0.15, -0.1) is 0 Å². The maximum atomic E-state index is 13.2. The summed E-state index contributed by atoms with van der Waals surface area (Å²) in [6.07, 6.45) is 8.09. The van der Waals surface area contributed by atoms with Crippen molar-refractivity contribution in [1.29, 1.82) is 0 Å². The molecular weight excluding hydrogens is 310 g/mol. The molecule has 1 fully saturated rings. The second-order valence-corrected chi connectivity index (χ2v) is 8.87. The van der Waals surface area contributed by atoms with Crippen LogP contribution in [0.15, 0.2) is 30.0 Å². The van der Waals surface area contributed by atoms with Crippen molar-refractivity contribution in [2.24, 2.45) is 5.92 Å². The fourth-order valence-corrected chi connectivity index (χ4v) is 4.19. The Hall–Kier alpha value is -1.77. The van der Waals surface area contributed by atoms with E-state index >= 15 is 0 Å². The Morgan fingerprint density at radius 3 is 2.40 bits per heavy atom. The maximum Gasteiger partial charge on any atom is 0.415 e. The molecule has 3 nitrogen and oxygen atoms in total. The van der Waals surface area contributed by atoms with Crippen LogP contribution in [0.4, 0.5) is 4.79 Å². The van der Waals surface area contributed by atoms with Crippen molar-refractivity contribution in [2.75, 3.05) is 0 Å². The largest absolute Gasteiger partial charge is 0.443 e. The van der Waals surface area contributed by atoms with E-state index in [0.29, 0.717) is 5.92 Å². The molecule has 1 heterocycles. The Bertz CT molecular complexity index is 676. The molecule has 1 aliphatic heterocycles. The smallest absolute Gasteiger partial charge is 0.415 e. The van der Waals surface area contributed by atoms with Gasteiger partial charge in [0.05, 0.1) is 5.54 Å². The fraction of sp³-hybridized carbons (Fsp3) is 0.591. The van der Waals surface area contributed by atoms with Crippen LogP contribution in [-0.2, 0) is 10.3 Å². The molecule has 3 heteroatoms. The van der Waals surface area contributed by atoms with Gasteiger partial charge in [-0.3, -0.25) is 4.90 Å². The molecule has 0 N–H and O–H groups in total. The van der Waals surface area contributed by atoms with E-state index in [-0.39, 0.29) is 6.09 Å². The Kier molecular flexibility index (Phi) is 4.70. The van der Waals surface area contributed by atoms with E-state index in [1.165, 1.54) is 30.4 Å². The lowest BCUT2D eigenvalue weighted by Gasteiger charge is -2.46. The second-order valence-electron chi connectivity index (χ2n) is 8.87. The minimum Gasteiger partial charge on any atom is -0.443 e. The third-order valence-corrected chi connectivity index (χ3v) is 5.34. The zero-order chi connectivity index (χ0) is 18.2. The molecule has 0 saturated heterocycles. The number of carbonyl (C=O) groups excluding carboxylic acids is 1. The Labute approximate surface area is 152 Å². The second kappa shape index (κ2) is 6.51. The summed E-state index contributed by atoms with van der Waals surface area (Å²) in [5.74, 6) is 0.439. The van der Waals surface area contributed by atoms with E-state index in [2.05, 4.69) is 38.1 Å². The fourth-order valence-electron chi connectivity index (χ4n) is 4.19. The van der Waals surface area contributed by atoms with Crippen LogP contribution in [0.3, 0.4) is 0 Å². The van der Waals surface area contributed by atoms with Crippen molar-refractivity contribution in [1.82, 2.24) is 4.90 Å². The lowest BCUT2D eigenvalue weighted by molar-refractivity contribution is 0.00841. The Morgan fingerprint density at radius 1 is 1.12 bits per heavy atom. The summed E-state index contributed by atoms with van der Waals surface area (Å²) in [4.78, 5) is 15.1. The third-order valence-electron chi connectivity index (χ3n) is 5.34. The molecule has 0 bridgehead atoms.